The molecule has 1 aromatic carbocycles. The van der Waals surface area contributed by atoms with Crippen LogP contribution in [0.3, 0.4) is 0 Å². The van der Waals surface area contributed by atoms with Crippen LogP contribution in [-0.2, 0) is 9.59 Å². The normalized spacial score (nSPS) is 13.9. The van der Waals surface area contributed by atoms with E-state index in [2.05, 4.69) is 9.97 Å². The third-order valence-electron chi connectivity index (χ3n) is 3.93. The summed E-state index contributed by atoms with van der Waals surface area (Å²) in [6.45, 7) is 10.7. The fraction of sp³-hybridized carbons (Fsp3) is 0.400. The summed E-state index contributed by atoms with van der Waals surface area (Å²) < 4.78 is 0. The number of benzene rings is 1. The molecule has 0 unspecified atom stereocenters. The maximum atomic E-state index is 12.4. The molecule has 0 N–H and O–H groups in total. The van der Waals surface area contributed by atoms with Gasteiger partial charge in [-0.2, -0.15) is 0 Å². The molecular weight excluding hydrogens is 346 g/mol. The monoisotopic (exact) mass is 369 g/mol. The van der Waals surface area contributed by atoms with E-state index in [9.17, 15) is 19.7 Å². The molecule has 1 heterocycles. The highest BCUT2D eigenvalue weighted by atomic mass is 16.6. The highest BCUT2D eigenvalue weighted by Crippen LogP contribution is 2.17. The quantitative estimate of drug-likeness (QED) is 0.608. The second kappa shape index (κ2) is 6.98. The SMILES string of the molecule is CC(C)(C)C(=O)/C=c1\nc2ccc([N+](=O)[O-])cc2n\c1=C/C(=O)C(C)(C)C. The summed E-state index contributed by atoms with van der Waals surface area (Å²) in [5, 5.41) is 11.5. The molecule has 2 rings (SSSR count). The first-order valence-electron chi connectivity index (χ1n) is 8.53. The molecule has 0 spiro atoms. The van der Waals surface area contributed by atoms with E-state index in [0.717, 1.165) is 0 Å². The number of hydrogen-bond donors (Lipinski definition) is 0. The first-order valence-corrected chi connectivity index (χ1v) is 8.53. The first-order chi connectivity index (χ1) is 12.3. The Morgan fingerprint density at radius 1 is 0.889 bits per heavy atom. The molecule has 0 amide bonds. The number of nitrogens with zero attached hydrogens (tertiary/aromatic N) is 3. The van der Waals surface area contributed by atoms with Crippen molar-refractivity contribution in [2.24, 2.45) is 10.8 Å². The first kappa shape index (κ1) is 20.4. The molecule has 7 heteroatoms. The van der Waals surface area contributed by atoms with Gasteiger partial charge in [0.25, 0.3) is 5.69 Å². The standard InChI is InChI=1S/C20H23N3O4/c1-19(2,3)17(24)10-15-16(11-18(25)20(4,5)6)22-14-9-12(23(26)27)7-8-13(14)21-15/h7-11H,1-6H3/b15-10-,16-11-. The number of ketones is 2. The summed E-state index contributed by atoms with van der Waals surface area (Å²) in [5.74, 6) is -0.338. The zero-order valence-electron chi connectivity index (χ0n) is 16.4. The van der Waals surface area contributed by atoms with E-state index >= 15 is 0 Å². The number of fused-ring (bicyclic) bond motifs is 1. The molecule has 0 saturated heterocycles. The second-order valence-electron chi connectivity index (χ2n) is 8.44. The van der Waals surface area contributed by atoms with Gasteiger partial charge in [0.15, 0.2) is 11.6 Å². The van der Waals surface area contributed by atoms with Gasteiger partial charge in [0.05, 0.1) is 26.7 Å². The topological polar surface area (TPSA) is 103 Å². The Kier molecular flexibility index (Phi) is 5.26. The number of carbonyl (C=O) groups is 2. The Morgan fingerprint density at radius 2 is 1.33 bits per heavy atom. The molecule has 0 aliphatic rings. The summed E-state index contributed by atoms with van der Waals surface area (Å²) >= 11 is 0. The summed E-state index contributed by atoms with van der Waals surface area (Å²) in [6, 6.07) is 4.11. The molecule has 27 heavy (non-hydrogen) atoms. The minimum absolute atomic E-state index is 0.118. The van der Waals surface area contributed by atoms with E-state index in [0.29, 0.717) is 5.52 Å². The van der Waals surface area contributed by atoms with Gasteiger partial charge in [-0.05, 0) is 6.07 Å². The van der Waals surface area contributed by atoms with E-state index in [1.165, 1.54) is 30.4 Å². The average Bonchev–Trinajstić information content (AvgIpc) is 2.52. The molecule has 2 aromatic rings. The average molecular weight is 369 g/mol. The van der Waals surface area contributed by atoms with Crippen molar-refractivity contribution in [3.8, 4) is 0 Å². The number of nitro groups is 1. The molecule has 0 atom stereocenters. The van der Waals surface area contributed by atoms with Gasteiger partial charge in [-0.15, -0.1) is 0 Å². The minimum atomic E-state index is -0.634. The van der Waals surface area contributed by atoms with Gasteiger partial charge in [-0.25, -0.2) is 9.97 Å². The van der Waals surface area contributed by atoms with E-state index in [1.54, 1.807) is 41.5 Å². The molecule has 0 aliphatic heterocycles. The van der Waals surface area contributed by atoms with E-state index in [4.69, 9.17) is 0 Å². The Morgan fingerprint density at radius 3 is 1.74 bits per heavy atom. The van der Waals surface area contributed by atoms with Crippen molar-refractivity contribution in [2.75, 3.05) is 0 Å². The molecule has 0 bridgehead atoms. The van der Waals surface area contributed by atoms with Gasteiger partial charge >= 0.3 is 0 Å². The molecule has 0 aliphatic carbocycles. The molecule has 0 radical (unpaired) electrons. The smallest absolute Gasteiger partial charge is 0.271 e. The van der Waals surface area contributed by atoms with E-state index in [1.807, 2.05) is 0 Å². The second-order valence-corrected chi connectivity index (χ2v) is 8.44. The van der Waals surface area contributed by atoms with Crippen molar-refractivity contribution in [3.63, 3.8) is 0 Å². The van der Waals surface area contributed by atoms with Gasteiger partial charge in [0, 0.05) is 35.1 Å². The van der Waals surface area contributed by atoms with Crippen molar-refractivity contribution in [1.82, 2.24) is 9.97 Å². The highest BCUT2D eigenvalue weighted by Gasteiger charge is 2.21. The number of non-ortho nitro benzene ring substituents is 1. The van der Waals surface area contributed by atoms with Crippen LogP contribution >= 0.6 is 0 Å². The van der Waals surface area contributed by atoms with Crippen LogP contribution in [0.4, 0.5) is 5.69 Å². The van der Waals surface area contributed by atoms with Crippen LogP contribution in [0.2, 0.25) is 0 Å². The van der Waals surface area contributed by atoms with E-state index in [-0.39, 0.29) is 33.5 Å². The van der Waals surface area contributed by atoms with Crippen LogP contribution in [0.1, 0.15) is 41.5 Å². The molecule has 142 valence electrons. The van der Waals surface area contributed by atoms with Crippen LogP contribution < -0.4 is 10.7 Å². The lowest BCUT2D eigenvalue weighted by Gasteiger charge is -2.13. The summed E-state index contributed by atoms with van der Waals surface area (Å²) in [4.78, 5) is 44.2. The number of rotatable bonds is 3. The number of aromatic nitrogens is 2. The Hall–Kier alpha value is -2.96. The third-order valence-corrected chi connectivity index (χ3v) is 3.93. The number of nitro benzene ring substituents is 1. The van der Waals surface area contributed by atoms with Crippen molar-refractivity contribution in [2.45, 2.75) is 41.5 Å². The van der Waals surface area contributed by atoms with Crippen LogP contribution in [0.5, 0.6) is 0 Å². The summed E-state index contributed by atoms with van der Waals surface area (Å²) in [7, 11) is 0. The van der Waals surface area contributed by atoms with Crippen LogP contribution in [0, 0.1) is 20.9 Å². The Labute approximate surface area is 157 Å². The predicted octanol–water partition coefficient (Wildman–Crippen LogP) is 2.33. The number of Topliss-reactive ketones (excluding diaryl/α,β-unsaturated/α-hetero) is 2. The number of hydrogen-bond acceptors (Lipinski definition) is 6. The largest absolute Gasteiger partial charge is 0.294 e. The fourth-order valence-corrected chi connectivity index (χ4v) is 2.08. The van der Waals surface area contributed by atoms with Crippen molar-refractivity contribution in [3.05, 3.63) is 39.0 Å². The molecule has 7 nitrogen and oxygen atoms in total. The highest BCUT2D eigenvalue weighted by molar-refractivity contribution is 6.10. The van der Waals surface area contributed by atoms with Gasteiger partial charge in [0.1, 0.15) is 0 Å². The minimum Gasteiger partial charge on any atom is -0.294 e. The maximum Gasteiger partial charge on any atom is 0.271 e. The Balaban J connectivity index is 2.85. The third kappa shape index (κ3) is 4.81. The lowest BCUT2D eigenvalue weighted by molar-refractivity contribution is -0.384. The van der Waals surface area contributed by atoms with Crippen molar-refractivity contribution in [1.29, 1.82) is 0 Å². The van der Waals surface area contributed by atoms with Crippen molar-refractivity contribution < 1.29 is 14.5 Å². The van der Waals surface area contributed by atoms with Crippen molar-refractivity contribution >= 4 is 40.4 Å². The lowest BCUT2D eigenvalue weighted by atomic mass is 9.90. The lowest BCUT2D eigenvalue weighted by Crippen LogP contribution is -2.36. The van der Waals surface area contributed by atoms with Gasteiger partial charge in [-0.3, -0.25) is 19.7 Å². The Bertz CT molecular complexity index is 1060. The fourth-order valence-electron chi connectivity index (χ4n) is 2.08. The predicted molar refractivity (Wildman–Crippen MR) is 103 cm³/mol. The molecule has 0 saturated carbocycles. The van der Waals surface area contributed by atoms with E-state index < -0.39 is 15.8 Å². The number of carbonyl (C=O) groups excluding carboxylic acids is 2. The summed E-state index contributed by atoms with van der Waals surface area (Å²) in [6.07, 6.45) is 2.71. The van der Waals surface area contributed by atoms with Gasteiger partial charge in [-0.1, -0.05) is 41.5 Å². The zero-order valence-corrected chi connectivity index (χ0v) is 16.4. The van der Waals surface area contributed by atoms with Gasteiger partial charge < -0.3 is 0 Å². The molecular formula is C20H23N3O4. The molecule has 1 aromatic heterocycles. The van der Waals surface area contributed by atoms with Crippen LogP contribution in [-0.4, -0.2) is 26.5 Å². The zero-order chi connectivity index (χ0) is 20.6. The van der Waals surface area contributed by atoms with Crippen LogP contribution in [0.15, 0.2) is 18.2 Å². The van der Waals surface area contributed by atoms with Crippen LogP contribution in [0.25, 0.3) is 23.2 Å². The van der Waals surface area contributed by atoms with Gasteiger partial charge in [0.2, 0.25) is 0 Å². The maximum absolute atomic E-state index is 12.4. The molecule has 0 fully saturated rings. The summed E-state index contributed by atoms with van der Waals surface area (Å²) in [5.41, 5.74) is -0.666.